The summed E-state index contributed by atoms with van der Waals surface area (Å²) in [4.78, 5) is 7.43. The van der Waals surface area contributed by atoms with Crippen molar-refractivity contribution in [2.75, 3.05) is 46.3 Å². The Balaban J connectivity index is 1.50. The van der Waals surface area contributed by atoms with E-state index in [4.69, 9.17) is 11.6 Å². The third-order valence-electron chi connectivity index (χ3n) is 5.01. The molecule has 1 aromatic rings. The maximum absolute atomic E-state index is 13.3. The first-order valence-electron chi connectivity index (χ1n) is 8.21. The zero-order chi connectivity index (χ0) is 15.5. The van der Waals surface area contributed by atoms with Crippen LogP contribution in [0.5, 0.6) is 0 Å². The topological polar surface area (TPSA) is 9.72 Å². The van der Waals surface area contributed by atoms with E-state index in [0.29, 0.717) is 5.02 Å². The molecule has 0 aromatic heterocycles. The minimum absolute atomic E-state index is 0.204. The monoisotopic (exact) mass is 325 g/mol. The van der Waals surface area contributed by atoms with Crippen LogP contribution in [0.2, 0.25) is 5.02 Å². The number of benzene rings is 1. The Bertz CT molecular complexity index is 495. The van der Waals surface area contributed by atoms with E-state index in [1.165, 1.54) is 32.0 Å². The van der Waals surface area contributed by atoms with Crippen molar-refractivity contribution in [2.24, 2.45) is 0 Å². The molecule has 3 rings (SSSR count). The smallest absolute Gasteiger partial charge is 0.123 e. The third kappa shape index (κ3) is 3.99. The summed E-state index contributed by atoms with van der Waals surface area (Å²) in [7, 11) is 2.21. The van der Waals surface area contributed by atoms with Crippen LogP contribution in [0.3, 0.4) is 0 Å². The summed E-state index contributed by atoms with van der Waals surface area (Å²) in [5.74, 6) is -0.204. The summed E-state index contributed by atoms with van der Waals surface area (Å²) in [5, 5.41) is 0.666. The Labute approximate surface area is 137 Å². The molecule has 122 valence electrons. The van der Waals surface area contributed by atoms with E-state index in [-0.39, 0.29) is 5.82 Å². The van der Waals surface area contributed by atoms with Gasteiger partial charge < -0.3 is 4.90 Å². The van der Waals surface area contributed by atoms with Crippen LogP contribution in [-0.2, 0) is 6.54 Å². The van der Waals surface area contributed by atoms with Gasteiger partial charge in [0.1, 0.15) is 5.82 Å². The van der Waals surface area contributed by atoms with Crippen molar-refractivity contribution >= 4 is 11.6 Å². The van der Waals surface area contributed by atoms with E-state index >= 15 is 0 Å². The first kappa shape index (κ1) is 16.2. The first-order valence-corrected chi connectivity index (χ1v) is 8.58. The maximum Gasteiger partial charge on any atom is 0.123 e. The number of piperidine rings is 1. The fourth-order valence-electron chi connectivity index (χ4n) is 3.55. The number of hydrogen-bond acceptors (Lipinski definition) is 3. The lowest BCUT2D eigenvalue weighted by molar-refractivity contribution is 0.0618. The quantitative estimate of drug-likeness (QED) is 0.846. The van der Waals surface area contributed by atoms with Crippen LogP contribution in [0.4, 0.5) is 4.39 Å². The molecule has 0 N–H and O–H groups in total. The van der Waals surface area contributed by atoms with E-state index < -0.39 is 0 Å². The lowest BCUT2D eigenvalue weighted by atomic mass is 10.0. The van der Waals surface area contributed by atoms with Gasteiger partial charge in [-0.2, -0.15) is 0 Å². The van der Waals surface area contributed by atoms with Gasteiger partial charge in [-0.1, -0.05) is 11.6 Å². The lowest BCUT2D eigenvalue weighted by Crippen LogP contribution is -2.52. The average molecular weight is 326 g/mol. The van der Waals surface area contributed by atoms with Gasteiger partial charge in [-0.15, -0.1) is 0 Å². The standard InChI is InChI=1S/C17H25ClFN3/c1-20-6-4-16(5-7-20)22-10-8-21(9-11-22)13-14-12-15(19)2-3-17(14)18/h2-3,12,16H,4-11,13H2,1H3. The molecule has 5 heteroatoms. The van der Waals surface area contributed by atoms with Gasteiger partial charge in [-0.25, -0.2) is 4.39 Å². The summed E-state index contributed by atoms with van der Waals surface area (Å²) in [5.41, 5.74) is 0.898. The Kier molecular flexibility index (Phi) is 5.34. The second-order valence-corrected chi connectivity index (χ2v) is 6.99. The molecule has 2 saturated heterocycles. The van der Waals surface area contributed by atoms with Crippen molar-refractivity contribution in [3.8, 4) is 0 Å². The molecule has 0 spiro atoms. The van der Waals surface area contributed by atoms with Crippen LogP contribution in [-0.4, -0.2) is 67.1 Å². The Hall–Kier alpha value is -0.680. The minimum atomic E-state index is -0.204. The molecule has 0 radical (unpaired) electrons. The van der Waals surface area contributed by atoms with Crippen LogP contribution in [0.15, 0.2) is 18.2 Å². The fourth-order valence-corrected chi connectivity index (χ4v) is 3.73. The first-order chi connectivity index (χ1) is 10.6. The summed E-state index contributed by atoms with van der Waals surface area (Å²) in [6.45, 7) is 7.48. The Morgan fingerprint density at radius 2 is 1.77 bits per heavy atom. The van der Waals surface area contributed by atoms with E-state index in [1.807, 2.05) is 0 Å². The van der Waals surface area contributed by atoms with E-state index in [0.717, 1.165) is 44.3 Å². The molecule has 0 atom stereocenters. The van der Waals surface area contributed by atoms with Crippen molar-refractivity contribution in [3.63, 3.8) is 0 Å². The number of nitrogens with zero attached hydrogens (tertiary/aromatic N) is 3. The predicted octanol–water partition coefficient (Wildman–Crippen LogP) is 2.69. The molecule has 2 aliphatic heterocycles. The van der Waals surface area contributed by atoms with Crippen LogP contribution < -0.4 is 0 Å². The molecule has 0 bridgehead atoms. The van der Waals surface area contributed by atoms with Gasteiger partial charge in [0.25, 0.3) is 0 Å². The highest BCUT2D eigenvalue weighted by Gasteiger charge is 2.26. The van der Waals surface area contributed by atoms with Gasteiger partial charge in [-0.05, 0) is 56.7 Å². The molecule has 2 heterocycles. The molecular weight excluding hydrogens is 301 g/mol. The SMILES string of the molecule is CN1CCC(N2CCN(Cc3cc(F)ccc3Cl)CC2)CC1. The summed E-state index contributed by atoms with van der Waals surface area (Å²) >= 11 is 6.17. The number of hydrogen-bond donors (Lipinski definition) is 0. The zero-order valence-electron chi connectivity index (χ0n) is 13.3. The van der Waals surface area contributed by atoms with E-state index in [1.54, 1.807) is 12.1 Å². The largest absolute Gasteiger partial charge is 0.306 e. The molecular formula is C17H25ClFN3. The molecule has 3 nitrogen and oxygen atoms in total. The second kappa shape index (κ2) is 7.26. The Morgan fingerprint density at radius 3 is 2.45 bits per heavy atom. The molecule has 0 unspecified atom stereocenters. The summed E-state index contributed by atoms with van der Waals surface area (Å²) in [6.07, 6.45) is 2.57. The van der Waals surface area contributed by atoms with Gasteiger partial charge in [0.05, 0.1) is 0 Å². The second-order valence-electron chi connectivity index (χ2n) is 6.58. The van der Waals surface area contributed by atoms with Crippen LogP contribution in [0.1, 0.15) is 18.4 Å². The third-order valence-corrected chi connectivity index (χ3v) is 5.38. The van der Waals surface area contributed by atoms with Crippen molar-refractivity contribution in [1.82, 2.24) is 14.7 Å². The lowest BCUT2D eigenvalue weighted by Gasteiger charge is -2.42. The maximum atomic E-state index is 13.3. The number of piperazine rings is 1. The minimum Gasteiger partial charge on any atom is -0.306 e. The molecule has 0 saturated carbocycles. The van der Waals surface area contributed by atoms with Gasteiger partial charge in [0.15, 0.2) is 0 Å². The number of likely N-dealkylation sites (tertiary alicyclic amines) is 1. The van der Waals surface area contributed by atoms with Crippen LogP contribution in [0, 0.1) is 5.82 Å². The van der Waals surface area contributed by atoms with Crippen molar-refractivity contribution < 1.29 is 4.39 Å². The molecule has 0 amide bonds. The molecule has 2 fully saturated rings. The molecule has 22 heavy (non-hydrogen) atoms. The van der Waals surface area contributed by atoms with Gasteiger partial charge in [0, 0.05) is 43.8 Å². The summed E-state index contributed by atoms with van der Waals surface area (Å²) in [6, 6.07) is 5.38. The highest BCUT2D eigenvalue weighted by molar-refractivity contribution is 6.31. The van der Waals surface area contributed by atoms with E-state index in [9.17, 15) is 4.39 Å². The van der Waals surface area contributed by atoms with Crippen molar-refractivity contribution in [2.45, 2.75) is 25.4 Å². The Morgan fingerprint density at radius 1 is 1.09 bits per heavy atom. The van der Waals surface area contributed by atoms with Crippen LogP contribution >= 0.6 is 11.6 Å². The highest BCUT2D eigenvalue weighted by Crippen LogP contribution is 2.21. The molecule has 2 aliphatic rings. The van der Waals surface area contributed by atoms with Crippen molar-refractivity contribution in [1.29, 1.82) is 0 Å². The van der Waals surface area contributed by atoms with Gasteiger partial charge in [0.2, 0.25) is 0 Å². The molecule has 1 aromatic carbocycles. The molecule has 0 aliphatic carbocycles. The average Bonchev–Trinajstić information content (AvgIpc) is 2.53. The van der Waals surface area contributed by atoms with Crippen molar-refractivity contribution in [3.05, 3.63) is 34.6 Å². The van der Waals surface area contributed by atoms with Crippen LogP contribution in [0.25, 0.3) is 0 Å². The van der Waals surface area contributed by atoms with Gasteiger partial charge in [-0.3, -0.25) is 9.80 Å². The van der Waals surface area contributed by atoms with E-state index in [2.05, 4.69) is 21.7 Å². The predicted molar refractivity (Wildman–Crippen MR) is 88.8 cm³/mol. The zero-order valence-corrected chi connectivity index (χ0v) is 14.0. The van der Waals surface area contributed by atoms with Gasteiger partial charge >= 0.3 is 0 Å². The highest BCUT2D eigenvalue weighted by atomic mass is 35.5. The number of halogens is 2. The number of rotatable bonds is 3. The fraction of sp³-hybridized carbons (Fsp3) is 0.647. The summed E-state index contributed by atoms with van der Waals surface area (Å²) < 4.78 is 13.3. The normalized spacial score (nSPS) is 23.0.